The van der Waals surface area contributed by atoms with Crippen LogP contribution in [0, 0.1) is 18.3 Å². The maximum atomic E-state index is 12.6. The van der Waals surface area contributed by atoms with Crippen molar-refractivity contribution in [1.82, 2.24) is 4.90 Å². The molecule has 0 bridgehead atoms. The molecule has 1 aliphatic rings. The van der Waals surface area contributed by atoms with Crippen LogP contribution < -0.4 is 10.2 Å². The van der Waals surface area contributed by atoms with Crippen LogP contribution in [0.2, 0.25) is 0 Å². The summed E-state index contributed by atoms with van der Waals surface area (Å²) < 4.78 is 0. The standard InChI is InChI=1S/C27H27N3O3S/c1-2-13-30(24-10-6-7-21(16-24)22-17-25(26(31)32)34-19-22)18-20-11-14-29(15-12-20)27(33)28-23-8-4-3-5-9-23/h1,3-10,16-17,19-20H,11-15,18H2,(H,28,33)(H,31,32). The van der Waals surface area contributed by atoms with Crippen molar-refractivity contribution >= 4 is 34.7 Å². The number of piperidine rings is 1. The number of carbonyl (C=O) groups is 2. The Bertz CT molecular complexity index is 1180. The largest absolute Gasteiger partial charge is 0.477 e. The molecule has 0 spiro atoms. The van der Waals surface area contributed by atoms with Crippen molar-refractivity contribution in [2.75, 3.05) is 36.4 Å². The molecule has 1 aromatic heterocycles. The monoisotopic (exact) mass is 473 g/mol. The number of hydrogen-bond acceptors (Lipinski definition) is 4. The Kier molecular flexibility index (Phi) is 7.51. The molecule has 0 unspecified atom stereocenters. The van der Waals surface area contributed by atoms with Crippen LogP contribution in [-0.2, 0) is 0 Å². The maximum absolute atomic E-state index is 12.6. The Morgan fingerprint density at radius 2 is 1.85 bits per heavy atom. The molecule has 1 saturated heterocycles. The Morgan fingerprint density at radius 3 is 2.53 bits per heavy atom. The Balaban J connectivity index is 1.38. The van der Waals surface area contributed by atoms with Crippen LogP contribution in [0.25, 0.3) is 11.1 Å². The zero-order valence-corrected chi connectivity index (χ0v) is 19.6. The van der Waals surface area contributed by atoms with E-state index in [2.05, 4.69) is 22.2 Å². The summed E-state index contributed by atoms with van der Waals surface area (Å²) in [5.41, 5.74) is 3.68. The average molecular weight is 474 g/mol. The summed E-state index contributed by atoms with van der Waals surface area (Å²) in [7, 11) is 0. The van der Waals surface area contributed by atoms with Crippen LogP contribution in [0.15, 0.2) is 66.0 Å². The molecule has 2 amide bonds. The van der Waals surface area contributed by atoms with Gasteiger partial charge in [0.2, 0.25) is 0 Å². The molecule has 1 fully saturated rings. The average Bonchev–Trinajstić information content (AvgIpc) is 3.36. The van der Waals surface area contributed by atoms with Gasteiger partial charge in [-0.25, -0.2) is 9.59 Å². The first-order valence-electron chi connectivity index (χ1n) is 11.2. The Hall–Kier alpha value is -3.76. The normalized spacial score (nSPS) is 13.8. The Morgan fingerprint density at radius 1 is 1.09 bits per heavy atom. The molecular weight excluding hydrogens is 446 g/mol. The third-order valence-electron chi connectivity index (χ3n) is 6.04. The van der Waals surface area contributed by atoms with Crippen LogP contribution in [-0.4, -0.2) is 48.2 Å². The summed E-state index contributed by atoms with van der Waals surface area (Å²) in [5, 5.41) is 14.0. The second kappa shape index (κ2) is 10.9. The molecule has 7 heteroatoms. The molecule has 0 aliphatic carbocycles. The number of carbonyl (C=O) groups excluding carboxylic acids is 1. The molecule has 0 saturated carbocycles. The van der Waals surface area contributed by atoms with Gasteiger partial charge in [-0.05, 0) is 65.6 Å². The van der Waals surface area contributed by atoms with Crippen LogP contribution in [0.5, 0.6) is 0 Å². The van der Waals surface area contributed by atoms with Crippen LogP contribution >= 0.6 is 11.3 Å². The molecular formula is C27H27N3O3S. The zero-order valence-electron chi connectivity index (χ0n) is 18.8. The molecule has 3 aromatic rings. The summed E-state index contributed by atoms with van der Waals surface area (Å²) in [6, 6.07) is 19.2. The summed E-state index contributed by atoms with van der Waals surface area (Å²) in [6.45, 7) is 2.72. The van der Waals surface area contributed by atoms with E-state index in [-0.39, 0.29) is 6.03 Å². The summed E-state index contributed by atoms with van der Waals surface area (Å²) in [5.74, 6) is 2.28. The van der Waals surface area contributed by atoms with Gasteiger partial charge in [-0.2, -0.15) is 0 Å². The fourth-order valence-electron chi connectivity index (χ4n) is 4.21. The smallest absolute Gasteiger partial charge is 0.345 e. The van der Waals surface area contributed by atoms with Crippen molar-refractivity contribution in [1.29, 1.82) is 0 Å². The first kappa shape index (κ1) is 23.4. The molecule has 4 rings (SSSR count). The number of carboxylic acids is 1. The van der Waals surface area contributed by atoms with E-state index < -0.39 is 5.97 Å². The summed E-state index contributed by atoms with van der Waals surface area (Å²) in [4.78, 5) is 28.2. The molecule has 0 atom stereocenters. The number of nitrogens with zero attached hydrogens (tertiary/aromatic N) is 2. The number of thiophene rings is 1. The maximum Gasteiger partial charge on any atom is 0.345 e. The van der Waals surface area contributed by atoms with Gasteiger partial charge in [0.05, 0.1) is 6.54 Å². The predicted molar refractivity (Wildman–Crippen MR) is 138 cm³/mol. The molecule has 1 aliphatic heterocycles. The van der Waals surface area contributed by atoms with Gasteiger partial charge in [0.15, 0.2) is 0 Å². The lowest BCUT2D eigenvalue weighted by Crippen LogP contribution is -2.43. The summed E-state index contributed by atoms with van der Waals surface area (Å²) in [6.07, 6.45) is 7.50. The van der Waals surface area contributed by atoms with Crippen molar-refractivity contribution in [2.45, 2.75) is 12.8 Å². The molecule has 34 heavy (non-hydrogen) atoms. The molecule has 2 N–H and O–H groups in total. The van der Waals surface area contributed by atoms with E-state index in [1.165, 1.54) is 11.3 Å². The van der Waals surface area contributed by atoms with Gasteiger partial charge in [-0.1, -0.05) is 36.3 Å². The Labute approximate surface area is 203 Å². The number of hydrogen-bond donors (Lipinski definition) is 2. The zero-order chi connectivity index (χ0) is 23.9. The second-order valence-electron chi connectivity index (χ2n) is 8.37. The number of rotatable bonds is 7. The van der Waals surface area contributed by atoms with E-state index in [1.807, 2.05) is 58.8 Å². The van der Waals surface area contributed by atoms with Crippen molar-refractivity contribution in [3.8, 4) is 23.5 Å². The van der Waals surface area contributed by atoms with Crippen molar-refractivity contribution in [3.63, 3.8) is 0 Å². The van der Waals surface area contributed by atoms with Crippen LogP contribution in [0.3, 0.4) is 0 Å². The quantitative estimate of drug-likeness (QED) is 0.445. The fraction of sp³-hybridized carbons (Fsp3) is 0.259. The number of anilines is 2. The number of likely N-dealkylation sites (tertiary alicyclic amines) is 1. The first-order chi connectivity index (χ1) is 16.5. The molecule has 2 heterocycles. The minimum absolute atomic E-state index is 0.0608. The van der Waals surface area contributed by atoms with Gasteiger partial charge in [0, 0.05) is 31.0 Å². The lowest BCUT2D eigenvalue weighted by atomic mass is 9.96. The van der Waals surface area contributed by atoms with E-state index in [0.29, 0.717) is 30.4 Å². The lowest BCUT2D eigenvalue weighted by molar-refractivity contribution is 0.0702. The van der Waals surface area contributed by atoms with Gasteiger partial charge in [-0.3, -0.25) is 0 Å². The van der Waals surface area contributed by atoms with E-state index in [9.17, 15) is 14.7 Å². The van der Waals surface area contributed by atoms with E-state index in [0.717, 1.165) is 41.9 Å². The van der Waals surface area contributed by atoms with Gasteiger partial charge in [0.1, 0.15) is 4.88 Å². The number of carboxylic acid groups (broad SMARTS) is 1. The van der Waals surface area contributed by atoms with Crippen molar-refractivity contribution in [3.05, 3.63) is 70.9 Å². The van der Waals surface area contributed by atoms with E-state index in [4.69, 9.17) is 6.42 Å². The molecule has 2 aromatic carbocycles. The molecule has 174 valence electrons. The van der Waals surface area contributed by atoms with Gasteiger partial charge in [-0.15, -0.1) is 17.8 Å². The lowest BCUT2D eigenvalue weighted by Gasteiger charge is -2.35. The first-order valence-corrected chi connectivity index (χ1v) is 12.1. The minimum atomic E-state index is -0.912. The topological polar surface area (TPSA) is 72.9 Å². The van der Waals surface area contributed by atoms with Gasteiger partial charge in [0.25, 0.3) is 0 Å². The number of terminal acetylenes is 1. The number of benzene rings is 2. The van der Waals surface area contributed by atoms with Crippen LogP contribution in [0.1, 0.15) is 22.5 Å². The minimum Gasteiger partial charge on any atom is -0.477 e. The highest BCUT2D eigenvalue weighted by Gasteiger charge is 2.24. The number of para-hydroxylation sites is 1. The SMILES string of the molecule is C#CCN(CC1CCN(C(=O)Nc2ccccc2)CC1)c1cccc(-c2csc(C(=O)O)c2)c1. The van der Waals surface area contributed by atoms with Crippen LogP contribution in [0.4, 0.5) is 16.2 Å². The van der Waals surface area contributed by atoms with Gasteiger partial charge >= 0.3 is 12.0 Å². The third kappa shape index (κ3) is 5.77. The van der Waals surface area contributed by atoms with Crippen molar-refractivity contribution in [2.24, 2.45) is 5.92 Å². The second-order valence-corrected chi connectivity index (χ2v) is 9.28. The number of urea groups is 1. The van der Waals surface area contributed by atoms with Crippen molar-refractivity contribution < 1.29 is 14.7 Å². The highest BCUT2D eigenvalue weighted by molar-refractivity contribution is 7.12. The highest BCUT2D eigenvalue weighted by atomic mass is 32.1. The summed E-state index contributed by atoms with van der Waals surface area (Å²) >= 11 is 1.23. The fourth-order valence-corrected chi connectivity index (χ4v) is 4.96. The molecule has 0 radical (unpaired) electrons. The molecule has 6 nitrogen and oxygen atoms in total. The predicted octanol–water partition coefficient (Wildman–Crippen LogP) is 5.50. The number of nitrogens with one attached hydrogen (secondary N) is 1. The van der Waals surface area contributed by atoms with E-state index in [1.54, 1.807) is 6.07 Å². The van der Waals surface area contributed by atoms with E-state index >= 15 is 0 Å². The highest BCUT2D eigenvalue weighted by Crippen LogP contribution is 2.30. The number of amides is 2. The number of aromatic carboxylic acids is 1. The third-order valence-corrected chi connectivity index (χ3v) is 6.96. The van der Waals surface area contributed by atoms with Gasteiger partial charge < -0.3 is 20.2 Å².